The molecule has 0 aliphatic carbocycles. The van der Waals surface area contributed by atoms with Crippen LogP contribution in [0, 0.1) is 0 Å². The molecule has 3 heteroatoms. The Morgan fingerprint density at radius 3 is 1.94 bits per heavy atom. The van der Waals surface area contributed by atoms with E-state index >= 15 is 0 Å². The third kappa shape index (κ3) is 10.6. The van der Waals surface area contributed by atoms with Crippen molar-refractivity contribution < 1.29 is 15.3 Å². The van der Waals surface area contributed by atoms with Crippen molar-refractivity contribution in [2.45, 2.75) is 77.2 Å². The summed E-state index contributed by atoms with van der Waals surface area (Å²) in [5.41, 5.74) is 0. The molecule has 1 atom stereocenters. The second kappa shape index (κ2) is 12.9. The van der Waals surface area contributed by atoms with Crippen LogP contribution in [0.1, 0.15) is 71.1 Å². The van der Waals surface area contributed by atoms with Gasteiger partial charge in [0.1, 0.15) is 11.9 Å². The molecule has 0 saturated heterocycles. The number of aliphatic hydroxyl groups is 3. The van der Waals surface area contributed by atoms with Gasteiger partial charge in [-0.15, -0.1) is 0 Å². The Morgan fingerprint density at radius 1 is 0.944 bits per heavy atom. The van der Waals surface area contributed by atoms with Crippen molar-refractivity contribution in [2.24, 2.45) is 0 Å². The van der Waals surface area contributed by atoms with E-state index in [1.54, 1.807) is 6.08 Å². The number of unbranched alkanes of at least 4 members (excludes halogenated alkanes) is 9. The summed E-state index contributed by atoms with van der Waals surface area (Å²) >= 11 is 0. The van der Waals surface area contributed by atoms with Crippen LogP contribution in [0.4, 0.5) is 0 Å². The van der Waals surface area contributed by atoms with Gasteiger partial charge in [0.25, 0.3) is 0 Å². The van der Waals surface area contributed by atoms with Gasteiger partial charge in [-0.3, -0.25) is 0 Å². The first-order chi connectivity index (χ1) is 8.72. The van der Waals surface area contributed by atoms with E-state index in [1.807, 2.05) is 0 Å². The van der Waals surface area contributed by atoms with Crippen LogP contribution in [0.2, 0.25) is 0 Å². The summed E-state index contributed by atoms with van der Waals surface area (Å²) in [6.45, 7) is 1.82. The molecule has 0 saturated carbocycles. The lowest BCUT2D eigenvalue weighted by atomic mass is 10.1. The van der Waals surface area contributed by atoms with Crippen LogP contribution >= 0.6 is 0 Å². The first-order valence-corrected chi connectivity index (χ1v) is 7.40. The fourth-order valence-corrected chi connectivity index (χ4v) is 1.93. The molecule has 0 spiro atoms. The van der Waals surface area contributed by atoms with Gasteiger partial charge in [0, 0.05) is 0 Å². The Balaban J connectivity index is 3.25. The SMILES string of the molecule is CCCCCCCCCCCC=C(O)C(O)CO. The minimum Gasteiger partial charge on any atom is -0.510 e. The maximum absolute atomic E-state index is 9.29. The fourth-order valence-electron chi connectivity index (χ4n) is 1.93. The van der Waals surface area contributed by atoms with Crippen molar-refractivity contribution in [3.05, 3.63) is 11.8 Å². The van der Waals surface area contributed by atoms with E-state index < -0.39 is 12.7 Å². The zero-order valence-corrected chi connectivity index (χ0v) is 11.8. The van der Waals surface area contributed by atoms with Crippen LogP contribution in [-0.4, -0.2) is 28.0 Å². The largest absolute Gasteiger partial charge is 0.510 e. The van der Waals surface area contributed by atoms with Gasteiger partial charge in [-0.25, -0.2) is 0 Å². The van der Waals surface area contributed by atoms with Crippen molar-refractivity contribution in [1.29, 1.82) is 0 Å². The Hall–Kier alpha value is -0.540. The second-order valence-corrected chi connectivity index (χ2v) is 4.94. The molecule has 0 heterocycles. The van der Waals surface area contributed by atoms with E-state index in [0.29, 0.717) is 0 Å². The molecule has 0 bridgehead atoms. The number of allylic oxidation sites excluding steroid dienone is 1. The zero-order valence-electron chi connectivity index (χ0n) is 11.8. The van der Waals surface area contributed by atoms with E-state index in [4.69, 9.17) is 10.2 Å². The highest BCUT2D eigenvalue weighted by atomic mass is 16.3. The maximum atomic E-state index is 9.29. The predicted molar refractivity (Wildman–Crippen MR) is 75.6 cm³/mol. The van der Waals surface area contributed by atoms with Crippen LogP contribution in [0.3, 0.4) is 0 Å². The third-order valence-corrected chi connectivity index (χ3v) is 3.18. The first kappa shape index (κ1) is 17.5. The maximum Gasteiger partial charge on any atom is 0.133 e. The Kier molecular flexibility index (Phi) is 12.5. The minimum atomic E-state index is -1.11. The zero-order chi connectivity index (χ0) is 13.6. The Morgan fingerprint density at radius 2 is 1.44 bits per heavy atom. The topological polar surface area (TPSA) is 60.7 Å². The average molecular weight is 258 g/mol. The summed E-state index contributed by atoms with van der Waals surface area (Å²) in [5.74, 6) is -0.0999. The van der Waals surface area contributed by atoms with Crippen molar-refractivity contribution >= 4 is 0 Å². The molecule has 0 aromatic rings. The van der Waals surface area contributed by atoms with E-state index in [2.05, 4.69) is 6.92 Å². The lowest BCUT2D eigenvalue weighted by Gasteiger charge is -2.05. The van der Waals surface area contributed by atoms with Crippen LogP contribution < -0.4 is 0 Å². The molecule has 3 N–H and O–H groups in total. The molecule has 0 aromatic carbocycles. The van der Waals surface area contributed by atoms with Gasteiger partial charge in [0.2, 0.25) is 0 Å². The van der Waals surface area contributed by atoms with Crippen molar-refractivity contribution in [1.82, 2.24) is 0 Å². The normalized spacial score (nSPS) is 13.8. The van der Waals surface area contributed by atoms with Crippen LogP contribution in [0.25, 0.3) is 0 Å². The average Bonchev–Trinajstić information content (AvgIpc) is 2.39. The lowest BCUT2D eigenvalue weighted by molar-refractivity contribution is 0.0866. The number of hydrogen-bond donors (Lipinski definition) is 3. The predicted octanol–water partition coefficient (Wildman–Crippen LogP) is 3.70. The van der Waals surface area contributed by atoms with Gasteiger partial charge in [0.05, 0.1) is 6.61 Å². The molecule has 1 unspecified atom stereocenters. The van der Waals surface area contributed by atoms with Crippen molar-refractivity contribution in [3.63, 3.8) is 0 Å². The summed E-state index contributed by atoms with van der Waals surface area (Å²) in [7, 11) is 0. The summed E-state index contributed by atoms with van der Waals surface area (Å²) in [6.07, 6.45) is 12.8. The Bertz CT molecular complexity index is 202. The standard InChI is InChI=1S/C15H30O3/c1-2-3-4-5-6-7-8-9-10-11-12-14(17)15(18)13-16/h12,15-18H,2-11,13H2,1H3. The molecule has 0 amide bonds. The van der Waals surface area contributed by atoms with E-state index in [0.717, 1.165) is 12.8 Å². The highest BCUT2D eigenvalue weighted by Crippen LogP contribution is 2.11. The van der Waals surface area contributed by atoms with Gasteiger partial charge < -0.3 is 15.3 Å². The van der Waals surface area contributed by atoms with Gasteiger partial charge in [-0.05, 0) is 18.9 Å². The summed E-state index contributed by atoms with van der Waals surface area (Å²) in [5, 5.41) is 27.0. The second-order valence-electron chi connectivity index (χ2n) is 4.94. The molecule has 0 rings (SSSR count). The molecule has 3 nitrogen and oxygen atoms in total. The fraction of sp³-hybridized carbons (Fsp3) is 0.867. The molecule has 18 heavy (non-hydrogen) atoms. The molecular weight excluding hydrogens is 228 g/mol. The van der Waals surface area contributed by atoms with Crippen molar-refractivity contribution in [3.8, 4) is 0 Å². The first-order valence-electron chi connectivity index (χ1n) is 7.40. The molecule has 0 aliphatic rings. The minimum absolute atomic E-state index is 0.0999. The summed E-state index contributed by atoms with van der Waals surface area (Å²) < 4.78 is 0. The number of hydrogen-bond acceptors (Lipinski definition) is 3. The van der Waals surface area contributed by atoms with Crippen LogP contribution in [0.5, 0.6) is 0 Å². The Labute approximate surface area is 112 Å². The molecule has 108 valence electrons. The van der Waals surface area contributed by atoms with Crippen molar-refractivity contribution in [2.75, 3.05) is 6.61 Å². The van der Waals surface area contributed by atoms with Gasteiger partial charge in [-0.2, -0.15) is 0 Å². The number of rotatable bonds is 12. The van der Waals surface area contributed by atoms with E-state index in [9.17, 15) is 5.11 Å². The highest BCUT2D eigenvalue weighted by Gasteiger charge is 2.05. The van der Waals surface area contributed by atoms with Gasteiger partial charge >= 0.3 is 0 Å². The molecule has 0 aliphatic heterocycles. The van der Waals surface area contributed by atoms with Crippen LogP contribution in [0.15, 0.2) is 11.8 Å². The monoisotopic (exact) mass is 258 g/mol. The number of aliphatic hydroxyl groups excluding tert-OH is 3. The van der Waals surface area contributed by atoms with E-state index in [1.165, 1.54) is 51.4 Å². The van der Waals surface area contributed by atoms with Gasteiger partial charge in [0.15, 0.2) is 0 Å². The molecule has 0 radical (unpaired) electrons. The summed E-state index contributed by atoms with van der Waals surface area (Å²) in [6, 6.07) is 0. The van der Waals surface area contributed by atoms with Crippen LogP contribution in [-0.2, 0) is 0 Å². The van der Waals surface area contributed by atoms with Gasteiger partial charge in [-0.1, -0.05) is 58.3 Å². The lowest BCUT2D eigenvalue weighted by Crippen LogP contribution is -2.14. The highest BCUT2D eigenvalue weighted by molar-refractivity contribution is 4.97. The molecule has 0 aromatic heterocycles. The third-order valence-electron chi connectivity index (χ3n) is 3.18. The van der Waals surface area contributed by atoms with E-state index in [-0.39, 0.29) is 5.76 Å². The smallest absolute Gasteiger partial charge is 0.133 e. The quantitative estimate of drug-likeness (QED) is 0.369. The summed E-state index contributed by atoms with van der Waals surface area (Å²) in [4.78, 5) is 0. The molecule has 0 fully saturated rings. The molecular formula is C15H30O3.